The van der Waals surface area contributed by atoms with Crippen LogP contribution in [0.3, 0.4) is 0 Å². The van der Waals surface area contributed by atoms with E-state index in [1.54, 1.807) is 12.1 Å². The van der Waals surface area contributed by atoms with E-state index in [0.29, 0.717) is 15.0 Å². The highest BCUT2D eigenvalue weighted by Crippen LogP contribution is 2.26. The normalized spacial score (nSPS) is 19.1. The van der Waals surface area contributed by atoms with Crippen LogP contribution in [0.5, 0.6) is 0 Å². The number of hydrogen-bond acceptors (Lipinski definition) is 2. The molecule has 2 heterocycles. The van der Waals surface area contributed by atoms with Crippen molar-refractivity contribution in [1.82, 2.24) is 5.32 Å². The fraction of sp³-hybridized carbons (Fsp3) is 0.350. The first-order valence-electron chi connectivity index (χ1n) is 8.71. The molecule has 0 aliphatic carbocycles. The van der Waals surface area contributed by atoms with E-state index >= 15 is 0 Å². The molecule has 2 nitrogen and oxygen atoms in total. The van der Waals surface area contributed by atoms with Gasteiger partial charge in [-0.2, -0.15) is 0 Å². The van der Waals surface area contributed by atoms with Gasteiger partial charge < -0.3 is 5.32 Å². The minimum atomic E-state index is -0.220. The van der Waals surface area contributed by atoms with Gasteiger partial charge in [0.2, 0.25) is 0 Å². The number of benzene rings is 2. The first kappa shape index (κ1) is 19.6. The SMILES string of the molecule is Fc1ccc(C2=NCCC2)cc1Br.Fc1ccc(C2CCCN2)cc1Br. The maximum absolute atomic E-state index is 12.9. The first-order valence-corrected chi connectivity index (χ1v) is 10.3. The van der Waals surface area contributed by atoms with Crippen molar-refractivity contribution in [3.63, 3.8) is 0 Å². The van der Waals surface area contributed by atoms with E-state index < -0.39 is 0 Å². The Morgan fingerprint density at radius 2 is 1.69 bits per heavy atom. The van der Waals surface area contributed by atoms with Gasteiger partial charge in [-0.05, 0) is 99.5 Å². The summed E-state index contributed by atoms with van der Waals surface area (Å²) in [5.41, 5.74) is 3.30. The van der Waals surface area contributed by atoms with E-state index in [1.165, 1.54) is 24.1 Å². The van der Waals surface area contributed by atoms with Crippen molar-refractivity contribution in [2.75, 3.05) is 13.1 Å². The molecule has 1 N–H and O–H groups in total. The molecule has 1 fully saturated rings. The molecule has 0 aromatic heterocycles. The van der Waals surface area contributed by atoms with E-state index in [1.807, 2.05) is 12.1 Å². The Kier molecular flexibility index (Phi) is 6.95. The van der Waals surface area contributed by atoms with Gasteiger partial charge in [0.25, 0.3) is 0 Å². The van der Waals surface area contributed by atoms with Crippen LogP contribution in [0.25, 0.3) is 0 Å². The molecule has 1 atom stereocenters. The minimum absolute atomic E-state index is 0.193. The largest absolute Gasteiger partial charge is 0.310 e. The predicted molar refractivity (Wildman–Crippen MR) is 109 cm³/mol. The Morgan fingerprint density at radius 1 is 0.962 bits per heavy atom. The smallest absolute Gasteiger partial charge is 0.137 e. The second-order valence-electron chi connectivity index (χ2n) is 6.38. The van der Waals surface area contributed by atoms with Crippen LogP contribution in [0, 0.1) is 11.6 Å². The van der Waals surface area contributed by atoms with Gasteiger partial charge in [-0.25, -0.2) is 8.78 Å². The molecule has 2 aliphatic heterocycles. The quantitative estimate of drug-likeness (QED) is 0.539. The van der Waals surface area contributed by atoms with Crippen molar-refractivity contribution in [2.45, 2.75) is 31.7 Å². The zero-order chi connectivity index (χ0) is 18.5. The van der Waals surface area contributed by atoms with Gasteiger partial charge in [-0.3, -0.25) is 4.99 Å². The Bertz CT molecular complexity index is 802. The van der Waals surface area contributed by atoms with Crippen molar-refractivity contribution < 1.29 is 8.78 Å². The zero-order valence-electron chi connectivity index (χ0n) is 14.2. The number of rotatable bonds is 2. The summed E-state index contributed by atoms with van der Waals surface area (Å²) in [5, 5.41) is 3.38. The maximum atomic E-state index is 12.9. The van der Waals surface area contributed by atoms with Crippen LogP contribution in [0.1, 0.15) is 42.9 Å². The number of halogens is 4. The van der Waals surface area contributed by atoms with Crippen LogP contribution in [0.2, 0.25) is 0 Å². The fourth-order valence-corrected chi connectivity index (χ4v) is 3.92. The Morgan fingerprint density at radius 3 is 2.27 bits per heavy atom. The van der Waals surface area contributed by atoms with Gasteiger partial charge in [0.15, 0.2) is 0 Å². The molecule has 1 saturated heterocycles. The van der Waals surface area contributed by atoms with E-state index in [-0.39, 0.29) is 11.6 Å². The van der Waals surface area contributed by atoms with Crippen LogP contribution < -0.4 is 5.32 Å². The molecule has 0 bridgehead atoms. The summed E-state index contributed by atoms with van der Waals surface area (Å²) in [6, 6.07) is 10.7. The van der Waals surface area contributed by atoms with Gasteiger partial charge in [0.05, 0.1) is 8.95 Å². The van der Waals surface area contributed by atoms with Crippen molar-refractivity contribution in [1.29, 1.82) is 0 Å². The molecule has 138 valence electrons. The van der Waals surface area contributed by atoms with E-state index in [9.17, 15) is 8.78 Å². The molecule has 2 aromatic rings. The summed E-state index contributed by atoms with van der Waals surface area (Å²) in [4.78, 5) is 4.35. The number of hydrogen-bond donors (Lipinski definition) is 1. The first-order chi connectivity index (χ1) is 12.5. The molecule has 1 unspecified atom stereocenters. The Labute approximate surface area is 169 Å². The average molecular weight is 486 g/mol. The third kappa shape index (κ3) is 4.99. The highest BCUT2D eigenvalue weighted by molar-refractivity contribution is 9.10. The van der Waals surface area contributed by atoms with Gasteiger partial charge in [0.1, 0.15) is 11.6 Å². The predicted octanol–water partition coefficient (Wildman–Crippen LogP) is 6.18. The Hall–Kier alpha value is -1.11. The van der Waals surface area contributed by atoms with E-state index in [0.717, 1.165) is 43.6 Å². The lowest BCUT2D eigenvalue weighted by atomic mass is 10.1. The molecule has 0 amide bonds. The molecule has 2 aliphatic rings. The fourth-order valence-electron chi connectivity index (χ4n) is 3.15. The van der Waals surface area contributed by atoms with Crippen LogP contribution >= 0.6 is 31.9 Å². The van der Waals surface area contributed by atoms with Gasteiger partial charge in [-0.15, -0.1) is 0 Å². The summed E-state index contributed by atoms with van der Waals surface area (Å²) >= 11 is 6.35. The monoisotopic (exact) mass is 484 g/mol. The van der Waals surface area contributed by atoms with Gasteiger partial charge in [0, 0.05) is 18.3 Å². The molecular weight excluding hydrogens is 466 g/mol. The number of aliphatic imine (C=N–C) groups is 1. The summed E-state index contributed by atoms with van der Waals surface area (Å²) in [6.07, 6.45) is 4.49. The minimum Gasteiger partial charge on any atom is -0.310 e. The van der Waals surface area contributed by atoms with Crippen LogP contribution in [-0.2, 0) is 0 Å². The van der Waals surface area contributed by atoms with Crippen LogP contribution in [0.4, 0.5) is 8.78 Å². The van der Waals surface area contributed by atoms with Crippen molar-refractivity contribution in [3.05, 3.63) is 68.1 Å². The third-order valence-electron chi connectivity index (χ3n) is 4.53. The number of nitrogens with zero attached hydrogens (tertiary/aromatic N) is 1. The van der Waals surface area contributed by atoms with Gasteiger partial charge in [-0.1, -0.05) is 12.1 Å². The topological polar surface area (TPSA) is 24.4 Å². The molecule has 0 saturated carbocycles. The van der Waals surface area contributed by atoms with Gasteiger partial charge >= 0.3 is 0 Å². The third-order valence-corrected chi connectivity index (χ3v) is 5.75. The molecule has 0 radical (unpaired) electrons. The Balaban J connectivity index is 0.000000151. The second-order valence-corrected chi connectivity index (χ2v) is 8.09. The molecule has 6 heteroatoms. The van der Waals surface area contributed by atoms with Crippen molar-refractivity contribution >= 4 is 37.6 Å². The lowest BCUT2D eigenvalue weighted by Crippen LogP contribution is -2.12. The standard InChI is InChI=1S/C10H11BrFN.C10H9BrFN/c2*11-8-6-7(3-4-9(8)12)10-2-1-5-13-10/h3-4,6,10,13H,1-2,5H2;3-4,6H,1-2,5H2. The average Bonchev–Trinajstić information content (AvgIpc) is 3.34. The molecule has 0 spiro atoms. The van der Waals surface area contributed by atoms with E-state index in [2.05, 4.69) is 42.2 Å². The summed E-state index contributed by atoms with van der Waals surface area (Å²) in [7, 11) is 0. The van der Waals surface area contributed by atoms with Crippen molar-refractivity contribution in [3.8, 4) is 0 Å². The summed E-state index contributed by atoms with van der Waals surface area (Å²) in [6.45, 7) is 1.98. The molecule has 26 heavy (non-hydrogen) atoms. The second kappa shape index (κ2) is 9.20. The number of nitrogens with one attached hydrogen (secondary N) is 1. The van der Waals surface area contributed by atoms with E-state index in [4.69, 9.17) is 0 Å². The lowest BCUT2D eigenvalue weighted by molar-refractivity contribution is 0.611. The lowest BCUT2D eigenvalue weighted by Gasteiger charge is -2.10. The van der Waals surface area contributed by atoms with Crippen molar-refractivity contribution in [2.24, 2.45) is 4.99 Å². The van der Waals surface area contributed by atoms with Crippen LogP contribution in [-0.4, -0.2) is 18.8 Å². The molecule has 2 aromatic carbocycles. The summed E-state index contributed by atoms with van der Waals surface area (Å²) < 4.78 is 26.9. The maximum Gasteiger partial charge on any atom is 0.137 e. The highest BCUT2D eigenvalue weighted by atomic mass is 79.9. The summed E-state index contributed by atoms with van der Waals surface area (Å²) in [5.74, 6) is -0.413. The molecule has 4 rings (SSSR count). The van der Waals surface area contributed by atoms with Crippen LogP contribution in [0.15, 0.2) is 50.3 Å². The highest BCUT2D eigenvalue weighted by Gasteiger charge is 2.16. The zero-order valence-corrected chi connectivity index (χ0v) is 17.4. The molecular formula is C20H20Br2F2N2.